The van der Waals surface area contributed by atoms with Crippen molar-refractivity contribution in [2.75, 3.05) is 11.5 Å². The number of hydrogen-bond acceptors (Lipinski definition) is 14. The van der Waals surface area contributed by atoms with Crippen LogP contribution in [0.3, 0.4) is 0 Å². The first-order valence-electron chi connectivity index (χ1n) is 16.3. The predicted molar refractivity (Wildman–Crippen MR) is 213 cm³/mol. The summed E-state index contributed by atoms with van der Waals surface area (Å²) < 4.78 is 0. The number of rotatable bonds is 12. The van der Waals surface area contributed by atoms with E-state index in [1.54, 1.807) is 24.4 Å². The summed E-state index contributed by atoms with van der Waals surface area (Å²) >= 11 is 2.40. The van der Waals surface area contributed by atoms with E-state index >= 15 is 0 Å². The number of nitro groups is 2. The van der Waals surface area contributed by atoms with Gasteiger partial charge in [0.25, 0.3) is 11.4 Å². The minimum atomic E-state index is -0.468. The van der Waals surface area contributed by atoms with Crippen LogP contribution in [-0.4, -0.2) is 78.6 Å². The molecule has 286 valence electrons. The maximum Gasteiger partial charge on any atom is 0.270 e. The van der Waals surface area contributed by atoms with Gasteiger partial charge < -0.3 is 5.11 Å². The lowest BCUT2D eigenvalue weighted by molar-refractivity contribution is -0.384. The lowest BCUT2D eigenvalue weighted by Crippen LogP contribution is -1.93. The number of benzene rings is 4. The second-order valence-corrected chi connectivity index (χ2v) is 14.0. The first kappa shape index (κ1) is 40.5. The summed E-state index contributed by atoms with van der Waals surface area (Å²) in [6.45, 7) is 4.79. The first-order chi connectivity index (χ1) is 26.3. The molecule has 3 aromatic heterocycles. The quantitative estimate of drug-likeness (QED) is 0.0520. The van der Waals surface area contributed by atoms with Crippen molar-refractivity contribution in [1.29, 1.82) is 0 Å². The number of aromatic amines is 3. The standard InChI is InChI=1S/C18H14N6O3S.C18H16N4O4S.CH4/c1-10(25)9-28-18-20-17(22-23-18)14-4-13(5-15(6-14)24(26)27)11-2-3-12-8-19-21-16(12)7-11;1-10-5-15(24)3-4-16(10)12-6-13(8-14(7-12)22(25)26)17-19-18(21-20-17)27-9-11(2)23;/h2-8H,9H2,1H3,(H,19,21)(H,20,22,23);3-8,24H,9H2,1-2H3,(H,19,20,21);1H4. The number of aromatic nitrogens is 8. The summed E-state index contributed by atoms with van der Waals surface area (Å²) in [7, 11) is 0. The minimum Gasteiger partial charge on any atom is -0.508 e. The number of non-ortho nitro benzene ring substituents is 2. The molecule has 17 nitrogen and oxygen atoms in total. The van der Waals surface area contributed by atoms with Gasteiger partial charge in [0, 0.05) is 40.8 Å². The number of phenols is 1. The molecule has 0 bridgehead atoms. The van der Waals surface area contributed by atoms with E-state index in [2.05, 4.69) is 40.6 Å². The molecule has 7 rings (SSSR count). The van der Waals surface area contributed by atoms with Gasteiger partial charge in [0.1, 0.15) is 17.3 Å². The highest BCUT2D eigenvalue weighted by Gasteiger charge is 2.18. The van der Waals surface area contributed by atoms with E-state index < -0.39 is 9.85 Å². The van der Waals surface area contributed by atoms with E-state index in [9.17, 15) is 34.9 Å². The van der Waals surface area contributed by atoms with Crippen LogP contribution >= 0.6 is 23.5 Å². The number of nitro benzene ring substituents is 2. The Labute approximate surface area is 327 Å². The normalized spacial score (nSPS) is 10.7. The Morgan fingerprint density at radius 1 is 0.696 bits per heavy atom. The van der Waals surface area contributed by atoms with Crippen LogP contribution < -0.4 is 0 Å². The molecule has 0 saturated heterocycles. The van der Waals surface area contributed by atoms with Crippen LogP contribution in [0.1, 0.15) is 26.8 Å². The topological polar surface area (TPSA) is 252 Å². The molecule has 0 amide bonds. The Morgan fingerprint density at radius 2 is 1.23 bits per heavy atom. The van der Waals surface area contributed by atoms with Gasteiger partial charge in [0.15, 0.2) is 11.6 Å². The van der Waals surface area contributed by atoms with E-state index in [1.165, 1.54) is 67.7 Å². The molecule has 0 spiro atoms. The molecule has 19 heteroatoms. The number of Topliss-reactive ketones (excluding diaryl/α,β-unsaturated/α-hetero) is 2. The monoisotopic (exact) mass is 794 g/mol. The SMILES string of the molecule is C.CC(=O)CSc1n[nH]c(-c2cc(-c3ccc(O)cc3C)cc([N+](=O)[O-])c2)n1.CC(=O)CSc1n[nH]c(-c2cc(-c3ccc4cn[nH]c4c3)cc([N+](=O)[O-])c2)n1. The molecule has 0 radical (unpaired) electrons. The predicted octanol–water partition coefficient (Wildman–Crippen LogP) is 7.98. The largest absolute Gasteiger partial charge is 0.508 e. The Hall–Kier alpha value is -6.73. The Bertz CT molecular complexity index is 2580. The number of aryl methyl sites for hydroxylation is 1. The average Bonchev–Trinajstić information content (AvgIpc) is 3.94. The molecule has 7 aromatic rings. The molecular weight excluding hydrogens is 761 g/mol. The Kier molecular flexibility index (Phi) is 12.7. The van der Waals surface area contributed by atoms with Crippen LogP contribution in [0.25, 0.3) is 55.9 Å². The fourth-order valence-corrected chi connectivity index (χ4v) is 6.53. The molecule has 0 unspecified atom stereocenters. The zero-order valence-corrected chi connectivity index (χ0v) is 30.9. The average molecular weight is 795 g/mol. The molecule has 0 aliphatic carbocycles. The Balaban J connectivity index is 0.000000211. The van der Waals surface area contributed by atoms with Gasteiger partial charge in [-0.25, -0.2) is 9.97 Å². The van der Waals surface area contributed by atoms with Gasteiger partial charge in [-0.3, -0.25) is 45.1 Å². The van der Waals surface area contributed by atoms with Gasteiger partial charge in [-0.2, -0.15) is 5.10 Å². The number of thioether (sulfide) groups is 2. The highest BCUT2D eigenvalue weighted by molar-refractivity contribution is 8.00. The van der Waals surface area contributed by atoms with Gasteiger partial charge in [-0.05, 0) is 78.9 Å². The number of ketones is 2. The molecule has 0 fully saturated rings. The first-order valence-corrected chi connectivity index (χ1v) is 18.2. The van der Waals surface area contributed by atoms with Crippen molar-refractivity contribution < 1.29 is 24.5 Å². The third-order valence-electron chi connectivity index (χ3n) is 7.84. The molecule has 56 heavy (non-hydrogen) atoms. The van der Waals surface area contributed by atoms with Crippen molar-refractivity contribution in [2.45, 2.75) is 38.5 Å². The number of phenolic OH excluding ortho intramolecular Hbond substituents is 1. The van der Waals surface area contributed by atoms with E-state index in [0.717, 1.165) is 27.6 Å². The lowest BCUT2D eigenvalue weighted by Gasteiger charge is -2.08. The van der Waals surface area contributed by atoms with Crippen molar-refractivity contribution in [3.05, 3.63) is 105 Å². The zero-order chi connectivity index (χ0) is 39.2. The highest BCUT2D eigenvalue weighted by Crippen LogP contribution is 2.34. The molecule has 4 aromatic carbocycles. The van der Waals surface area contributed by atoms with Crippen LogP contribution in [0.4, 0.5) is 11.4 Å². The van der Waals surface area contributed by atoms with Crippen molar-refractivity contribution in [3.63, 3.8) is 0 Å². The van der Waals surface area contributed by atoms with Gasteiger partial charge >= 0.3 is 0 Å². The van der Waals surface area contributed by atoms with Crippen molar-refractivity contribution in [3.8, 4) is 50.8 Å². The second-order valence-electron chi connectivity index (χ2n) is 12.1. The smallest absolute Gasteiger partial charge is 0.270 e. The van der Waals surface area contributed by atoms with Crippen LogP contribution in [0.15, 0.2) is 89.3 Å². The van der Waals surface area contributed by atoms with Gasteiger partial charge in [-0.1, -0.05) is 49.1 Å². The van der Waals surface area contributed by atoms with Crippen molar-refractivity contribution in [2.24, 2.45) is 0 Å². The van der Waals surface area contributed by atoms with Crippen LogP contribution in [0, 0.1) is 27.2 Å². The number of fused-ring (bicyclic) bond motifs is 1. The fraction of sp³-hybridized carbons (Fsp3) is 0.162. The molecule has 0 saturated carbocycles. The number of hydrogen-bond donors (Lipinski definition) is 4. The number of nitrogens with one attached hydrogen (secondary N) is 3. The summed E-state index contributed by atoms with van der Waals surface area (Å²) in [5.41, 5.74) is 5.43. The summed E-state index contributed by atoms with van der Waals surface area (Å²) in [6, 6.07) is 19.9. The molecule has 0 aliphatic rings. The molecule has 0 aliphatic heterocycles. The molecule has 3 heterocycles. The lowest BCUT2D eigenvalue weighted by atomic mass is 9.97. The number of carbonyl (C=O) groups excluding carboxylic acids is 2. The van der Waals surface area contributed by atoms with Crippen LogP contribution in [0.2, 0.25) is 0 Å². The van der Waals surface area contributed by atoms with Crippen LogP contribution in [0.5, 0.6) is 5.75 Å². The van der Waals surface area contributed by atoms with Crippen LogP contribution in [-0.2, 0) is 9.59 Å². The fourth-order valence-electron chi connectivity index (χ4n) is 5.33. The third kappa shape index (κ3) is 9.87. The minimum absolute atomic E-state index is 0. The summed E-state index contributed by atoms with van der Waals surface area (Å²) in [6.07, 6.45) is 1.72. The second kappa shape index (κ2) is 17.6. The number of nitrogens with zero attached hydrogens (tertiary/aromatic N) is 7. The Morgan fingerprint density at radius 3 is 1.77 bits per heavy atom. The van der Waals surface area contributed by atoms with E-state index in [1.807, 2.05) is 31.2 Å². The van der Waals surface area contributed by atoms with Gasteiger partial charge in [-0.15, -0.1) is 10.2 Å². The number of aromatic hydroxyl groups is 1. The maximum absolute atomic E-state index is 11.4. The van der Waals surface area contributed by atoms with Crippen molar-refractivity contribution >= 4 is 57.4 Å². The highest BCUT2D eigenvalue weighted by atomic mass is 32.2. The summed E-state index contributed by atoms with van der Waals surface area (Å²) in [5.74, 6) is 1.45. The third-order valence-corrected chi connectivity index (χ3v) is 9.82. The van der Waals surface area contributed by atoms with Crippen molar-refractivity contribution in [1.82, 2.24) is 40.6 Å². The van der Waals surface area contributed by atoms with Gasteiger partial charge in [0.05, 0.1) is 33.1 Å². The molecule has 4 N–H and O–H groups in total. The zero-order valence-electron chi connectivity index (χ0n) is 29.3. The maximum atomic E-state index is 11.4. The van der Waals surface area contributed by atoms with E-state index in [-0.39, 0.29) is 47.6 Å². The van der Waals surface area contributed by atoms with Gasteiger partial charge in [0.2, 0.25) is 10.3 Å². The number of carbonyl (C=O) groups is 2. The molecule has 0 atom stereocenters. The molecular formula is C37H34N10O7S2. The summed E-state index contributed by atoms with van der Waals surface area (Å²) in [4.78, 5) is 52.7. The summed E-state index contributed by atoms with van der Waals surface area (Å²) in [5, 5.41) is 54.7. The van der Waals surface area contributed by atoms with E-state index in [0.29, 0.717) is 44.2 Å². The number of H-pyrrole nitrogens is 3. The van der Waals surface area contributed by atoms with E-state index in [4.69, 9.17) is 0 Å².